The molecule has 0 aliphatic carbocycles. The van der Waals surface area contributed by atoms with Crippen LogP contribution in [0.5, 0.6) is 0 Å². The standard InChI is InChI=1S/C3H3IN2O2S/c1-2-5-6-3(8-2)9(4)7/h1H3. The van der Waals surface area contributed by atoms with Crippen LogP contribution >= 0.6 is 21.2 Å². The van der Waals surface area contributed by atoms with Crippen molar-refractivity contribution >= 4 is 29.2 Å². The van der Waals surface area contributed by atoms with Gasteiger partial charge in [-0.05, 0) is 0 Å². The maximum absolute atomic E-state index is 10.6. The molecule has 0 amide bonds. The fourth-order valence-electron chi connectivity index (χ4n) is 0.343. The molecule has 0 spiro atoms. The minimum absolute atomic E-state index is 0.174. The zero-order valence-corrected chi connectivity index (χ0v) is 7.47. The van der Waals surface area contributed by atoms with Crippen LogP contribution in [0.15, 0.2) is 9.64 Å². The van der Waals surface area contributed by atoms with Gasteiger partial charge in [0.25, 0.3) is 0 Å². The minimum Gasteiger partial charge on any atom is -0.414 e. The molecule has 0 N–H and O–H groups in total. The molecule has 0 bridgehead atoms. The molecule has 1 atom stereocenters. The molecule has 1 rings (SSSR count). The second-order valence-corrected chi connectivity index (χ2v) is 4.51. The highest BCUT2D eigenvalue weighted by Gasteiger charge is 2.05. The van der Waals surface area contributed by atoms with E-state index in [4.69, 9.17) is 4.42 Å². The molecule has 0 saturated heterocycles. The van der Waals surface area contributed by atoms with E-state index in [1.165, 1.54) is 0 Å². The summed E-state index contributed by atoms with van der Waals surface area (Å²) in [5.41, 5.74) is 0. The second-order valence-electron chi connectivity index (χ2n) is 1.31. The lowest BCUT2D eigenvalue weighted by atomic mass is 10.8. The summed E-state index contributed by atoms with van der Waals surface area (Å²) in [5.74, 6) is 0.440. The van der Waals surface area contributed by atoms with E-state index in [1.54, 1.807) is 28.1 Å². The molecule has 0 aliphatic heterocycles. The van der Waals surface area contributed by atoms with Crippen molar-refractivity contribution in [1.82, 2.24) is 10.2 Å². The Balaban J connectivity index is 2.98. The van der Waals surface area contributed by atoms with Gasteiger partial charge in [0.1, 0.15) is 0 Å². The third-order valence-electron chi connectivity index (χ3n) is 0.645. The molecule has 0 saturated carbocycles. The van der Waals surface area contributed by atoms with E-state index in [2.05, 4.69) is 10.2 Å². The Labute approximate surface area is 66.1 Å². The van der Waals surface area contributed by atoms with Crippen molar-refractivity contribution in [2.45, 2.75) is 12.1 Å². The first kappa shape index (κ1) is 7.13. The molecule has 0 fully saturated rings. The molecule has 0 aliphatic rings. The van der Waals surface area contributed by atoms with E-state index in [1.807, 2.05) is 0 Å². The highest BCUT2D eigenvalue weighted by Crippen LogP contribution is 2.08. The molecule has 1 aromatic heterocycles. The predicted molar refractivity (Wildman–Crippen MR) is 39.5 cm³/mol. The third-order valence-corrected chi connectivity index (χ3v) is 2.21. The highest BCUT2D eigenvalue weighted by molar-refractivity contribution is 14.2. The van der Waals surface area contributed by atoms with E-state index >= 15 is 0 Å². The number of aromatic nitrogens is 2. The van der Waals surface area contributed by atoms with Crippen LogP contribution in [-0.4, -0.2) is 14.4 Å². The Morgan fingerprint density at radius 3 is 2.56 bits per heavy atom. The summed E-state index contributed by atoms with van der Waals surface area (Å²) in [6.45, 7) is 1.65. The zero-order valence-electron chi connectivity index (χ0n) is 4.50. The first-order valence-corrected chi connectivity index (χ1v) is 5.77. The predicted octanol–water partition coefficient (Wildman–Crippen LogP) is 0.836. The van der Waals surface area contributed by atoms with Gasteiger partial charge in [-0.3, -0.25) is 0 Å². The molecule has 0 aromatic carbocycles. The Kier molecular flexibility index (Phi) is 2.17. The molecule has 1 heterocycles. The van der Waals surface area contributed by atoms with Crippen molar-refractivity contribution < 1.29 is 8.63 Å². The maximum Gasteiger partial charge on any atom is 0.317 e. The summed E-state index contributed by atoms with van der Waals surface area (Å²) in [4.78, 5) is 0. The zero-order chi connectivity index (χ0) is 6.85. The van der Waals surface area contributed by atoms with Crippen molar-refractivity contribution in [2.24, 2.45) is 0 Å². The fraction of sp³-hybridized carbons (Fsp3) is 0.333. The van der Waals surface area contributed by atoms with Crippen molar-refractivity contribution in [2.75, 3.05) is 0 Å². The van der Waals surface area contributed by atoms with Crippen LogP contribution in [0.4, 0.5) is 0 Å². The highest BCUT2D eigenvalue weighted by atomic mass is 127. The second kappa shape index (κ2) is 2.74. The third kappa shape index (κ3) is 1.71. The molecular formula is C3H3IN2O2S. The average Bonchev–Trinajstić information content (AvgIpc) is 2.14. The van der Waals surface area contributed by atoms with Gasteiger partial charge in [0.2, 0.25) is 5.89 Å². The van der Waals surface area contributed by atoms with Crippen LogP contribution in [0.3, 0.4) is 0 Å². The largest absolute Gasteiger partial charge is 0.414 e. The number of aryl methyl sites for hydroxylation is 1. The van der Waals surface area contributed by atoms with Crippen LogP contribution in [0.1, 0.15) is 5.89 Å². The smallest absolute Gasteiger partial charge is 0.317 e. The first-order valence-electron chi connectivity index (χ1n) is 2.08. The van der Waals surface area contributed by atoms with E-state index < -0.39 is 7.97 Å². The van der Waals surface area contributed by atoms with Crippen LogP contribution in [0.25, 0.3) is 0 Å². The number of hydrogen-bond acceptors (Lipinski definition) is 4. The van der Waals surface area contributed by atoms with Crippen LogP contribution < -0.4 is 0 Å². The lowest BCUT2D eigenvalue weighted by Crippen LogP contribution is -1.78. The van der Waals surface area contributed by atoms with Crippen molar-refractivity contribution in [3.05, 3.63) is 5.89 Å². The number of halogens is 1. The molecule has 50 valence electrons. The van der Waals surface area contributed by atoms with Gasteiger partial charge < -0.3 is 4.42 Å². The molecule has 0 radical (unpaired) electrons. The average molecular weight is 258 g/mol. The van der Waals surface area contributed by atoms with E-state index in [-0.39, 0.29) is 5.22 Å². The van der Waals surface area contributed by atoms with E-state index in [9.17, 15) is 4.21 Å². The Bertz CT molecular complexity index is 235. The summed E-state index contributed by atoms with van der Waals surface area (Å²) >= 11 is 1.70. The first-order chi connectivity index (χ1) is 4.20. The van der Waals surface area contributed by atoms with Crippen LogP contribution in [-0.2, 0) is 7.97 Å². The molecule has 9 heavy (non-hydrogen) atoms. The van der Waals surface area contributed by atoms with Crippen molar-refractivity contribution in [1.29, 1.82) is 0 Å². The summed E-state index contributed by atoms with van der Waals surface area (Å²) in [6.07, 6.45) is 0. The molecule has 4 nitrogen and oxygen atoms in total. The summed E-state index contributed by atoms with van der Waals surface area (Å²) in [5, 5.41) is 7.19. The summed E-state index contributed by atoms with van der Waals surface area (Å²) in [7, 11) is -1.18. The molecule has 6 heteroatoms. The fourth-order valence-corrected chi connectivity index (χ4v) is 1.17. The molecule has 1 unspecified atom stereocenters. The number of rotatable bonds is 1. The summed E-state index contributed by atoms with van der Waals surface area (Å²) < 4.78 is 15.4. The Morgan fingerprint density at radius 2 is 2.33 bits per heavy atom. The van der Waals surface area contributed by atoms with Gasteiger partial charge >= 0.3 is 5.22 Å². The summed E-state index contributed by atoms with van der Waals surface area (Å²) in [6, 6.07) is 0. The van der Waals surface area contributed by atoms with Gasteiger partial charge in [0.05, 0.1) is 0 Å². The lowest BCUT2D eigenvalue weighted by molar-refractivity contribution is 0.424. The van der Waals surface area contributed by atoms with E-state index in [0.717, 1.165) is 0 Å². The topological polar surface area (TPSA) is 56.0 Å². The van der Waals surface area contributed by atoms with Crippen LogP contribution in [0.2, 0.25) is 0 Å². The number of hydrogen-bond donors (Lipinski definition) is 0. The minimum atomic E-state index is -1.18. The van der Waals surface area contributed by atoms with Gasteiger partial charge in [0, 0.05) is 28.1 Å². The van der Waals surface area contributed by atoms with E-state index in [0.29, 0.717) is 5.89 Å². The van der Waals surface area contributed by atoms with Gasteiger partial charge in [-0.15, -0.1) is 5.10 Å². The quantitative estimate of drug-likeness (QED) is 0.553. The Morgan fingerprint density at radius 1 is 1.67 bits per heavy atom. The van der Waals surface area contributed by atoms with Gasteiger partial charge in [-0.25, -0.2) is 4.21 Å². The Hall–Kier alpha value is 0.0200. The van der Waals surface area contributed by atoms with Crippen molar-refractivity contribution in [3.8, 4) is 0 Å². The monoisotopic (exact) mass is 258 g/mol. The normalized spacial score (nSPS) is 13.6. The van der Waals surface area contributed by atoms with Gasteiger partial charge in [-0.2, -0.15) is 0 Å². The van der Waals surface area contributed by atoms with Gasteiger partial charge in [0.15, 0.2) is 7.97 Å². The molecule has 1 aromatic rings. The molecular weight excluding hydrogens is 255 g/mol. The SMILES string of the molecule is Cc1nnc(S(=O)I)o1. The maximum atomic E-state index is 10.6. The van der Waals surface area contributed by atoms with Gasteiger partial charge in [-0.1, -0.05) is 5.10 Å². The van der Waals surface area contributed by atoms with Crippen molar-refractivity contribution in [3.63, 3.8) is 0 Å². The number of nitrogens with zero attached hydrogens (tertiary/aromatic N) is 2. The lowest BCUT2D eigenvalue weighted by Gasteiger charge is -1.77. The van der Waals surface area contributed by atoms with Crippen LogP contribution in [0, 0.1) is 6.92 Å².